The molecular formula is C14H16FN3OS2. The van der Waals surface area contributed by atoms with E-state index in [0.29, 0.717) is 20.9 Å². The van der Waals surface area contributed by atoms with Crippen LogP contribution in [-0.2, 0) is 4.79 Å². The molecule has 0 unspecified atom stereocenters. The molecule has 4 nitrogen and oxygen atoms in total. The first-order chi connectivity index (χ1) is 9.84. The molecule has 1 N–H and O–H groups in total. The number of nitrogens with one attached hydrogen (secondary N) is 1. The number of carbonyl (C=O) groups is 1. The predicted octanol–water partition coefficient (Wildman–Crippen LogP) is 4.13. The first-order valence-corrected chi connectivity index (χ1v) is 8.17. The molecule has 0 saturated heterocycles. The van der Waals surface area contributed by atoms with Crippen LogP contribution in [0, 0.1) is 11.2 Å². The van der Waals surface area contributed by atoms with E-state index in [2.05, 4.69) is 15.5 Å². The van der Waals surface area contributed by atoms with Crippen molar-refractivity contribution in [3.63, 3.8) is 0 Å². The SMILES string of the molecule is CC(C)(C)C(=O)CSc1nnc(Nc2cccc(F)c2)s1. The van der Waals surface area contributed by atoms with Gasteiger partial charge in [0.2, 0.25) is 5.13 Å². The third-order valence-corrected chi connectivity index (χ3v) is 4.62. The van der Waals surface area contributed by atoms with Crippen molar-refractivity contribution < 1.29 is 9.18 Å². The minimum atomic E-state index is -0.347. The molecule has 1 aromatic heterocycles. The maximum atomic E-state index is 13.1. The molecule has 0 saturated carbocycles. The number of thioether (sulfide) groups is 1. The molecule has 112 valence electrons. The lowest BCUT2D eigenvalue weighted by Gasteiger charge is -2.15. The minimum Gasteiger partial charge on any atom is -0.330 e. The van der Waals surface area contributed by atoms with Crippen molar-refractivity contribution in [1.82, 2.24) is 10.2 Å². The fraction of sp³-hybridized carbons (Fsp3) is 0.357. The van der Waals surface area contributed by atoms with Gasteiger partial charge in [0, 0.05) is 11.1 Å². The summed E-state index contributed by atoms with van der Waals surface area (Å²) in [5.74, 6) is 0.232. The summed E-state index contributed by atoms with van der Waals surface area (Å²) < 4.78 is 13.8. The molecule has 0 atom stereocenters. The van der Waals surface area contributed by atoms with Gasteiger partial charge in [0.15, 0.2) is 4.34 Å². The number of hydrogen-bond acceptors (Lipinski definition) is 6. The second-order valence-electron chi connectivity index (χ2n) is 5.47. The van der Waals surface area contributed by atoms with Gasteiger partial charge in [-0.2, -0.15) is 0 Å². The van der Waals surface area contributed by atoms with E-state index in [1.807, 2.05) is 20.8 Å². The Kier molecular flexibility index (Phi) is 4.95. The van der Waals surface area contributed by atoms with E-state index in [4.69, 9.17) is 0 Å². The third kappa shape index (κ3) is 4.78. The first kappa shape index (κ1) is 15.9. The quantitative estimate of drug-likeness (QED) is 0.838. The van der Waals surface area contributed by atoms with Crippen molar-refractivity contribution in [2.45, 2.75) is 25.1 Å². The number of rotatable bonds is 5. The summed E-state index contributed by atoms with van der Waals surface area (Å²) in [6, 6.07) is 6.14. The smallest absolute Gasteiger partial charge is 0.210 e. The number of Topliss-reactive ketones (excluding diaryl/α,β-unsaturated/α-hetero) is 1. The van der Waals surface area contributed by atoms with E-state index in [1.165, 1.54) is 35.2 Å². The molecule has 0 spiro atoms. The fourth-order valence-electron chi connectivity index (χ4n) is 1.35. The van der Waals surface area contributed by atoms with Crippen LogP contribution < -0.4 is 5.32 Å². The summed E-state index contributed by atoms with van der Waals surface area (Å²) in [5.41, 5.74) is 0.272. The van der Waals surface area contributed by atoms with Gasteiger partial charge in [-0.05, 0) is 18.2 Å². The molecule has 7 heteroatoms. The van der Waals surface area contributed by atoms with Crippen molar-refractivity contribution in [3.8, 4) is 0 Å². The molecule has 1 heterocycles. The number of nitrogens with zero attached hydrogens (tertiary/aromatic N) is 2. The zero-order valence-corrected chi connectivity index (χ0v) is 13.6. The maximum absolute atomic E-state index is 13.1. The molecule has 2 rings (SSSR count). The molecule has 0 radical (unpaired) electrons. The normalized spacial score (nSPS) is 11.4. The van der Waals surface area contributed by atoms with Gasteiger partial charge in [0.1, 0.15) is 11.6 Å². The number of anilines is 2. The van der Waals surface area contributed by atoms with Crippen molar-refractivity contribution in [2.75, 3.05) is 11.1 Å². The second-order valence-corrected chi connectivity index (χ2v) is 7.67. The zero-order valence-electron chi connectivity index (χ0n) is 12.0. The molecule has 21 heavy (non-hydrogen) atoms. The van der Waals surface area contributed by atoms with Gasteiger partial charge in [-0.1, -0.05) is 49.9 Å². The van der Waals surface area contributed by atoms with E-state index in [-0.39, 0.29) is 17.0 Å². The number of carbonyl (C=O) groups excluding carboxylic acids is 1. The van der Waals surface area contributed by atoms with Crippen molar-refractivity contribution in [3.05, 3.63) is 30.1 Å². The summed E-state index contributed by atoms with van der Waals surface area (Å²) >= 11 is 2.71. The summed E-state index contributed by atoms with van der Waals surface area (Å²) in [5, 5.41) is 11.6. The third-order valence-electron chi connectivity index (χ3n) is 2.65. The highest BCUT2D eigenvalue weighted by atomic mass is 32.2. The Morgan fingerprint density at radius 2 is 2.14 bits per heavy atom. The Bertz CT molecular complexity index is 637. The average Bonchev–Trinajstić information content (AvgIpc) is 2.82. The van der Waals surface area contributed by atoms with Crippen molar-refractivity contribution in [1.29, 1.82) is 0 Å². The first-order valence-electron chi connectivity index (χ1n) is 6.37. The summed E-state index contributed by atoms with van der Waals surface area (Å²) in [6.07, 6.45) is 0. The van der Waals surface area contributed by atoms with Crippen LogP contribution in [-0.4, -0.2) is 21.7 Å². The second kappa shape index (κ2) is 6.53. The van der Waals surface area contributed by atoms with E-state index in [0.717, 1.165) is 0 Å². The van der Waals surface area contributed by atoms with E-state index in [9.17, 15) is 9.18 Å². The highest BCUT2D eigenvalue weighted by Crippen LogP contribution is 2.29. The van der Waals surface area contributed by atoms with Crippen LogP contribution in [0.25, 0.3) is 0 Å². The van der Waals surface area contributed by atoms with E-state index >= 15 is 0 Å². The van der Waals surface area contributed by atoms with Crippen LogP contribution in [0.1, 0.15) is 20.8 Å². The van der Waals surface area contributed by atoms with Gasteiger partial charge in [-0.25, -0.2) is 4.39 Å². The summed E-state index contributed by atoms with van der Waals surface area (Å²) in [6.45, 7) is 5.69. The monoisotopic (exact) mass is 325 g/mol. The van der Waals surface area contributed by atoms with Crippen molar-refractivity contribution >= 4 is 39.7 Å². The highest BCUT2D eigenvalue weighted by Gasteiger charge is 2.21. The number of hydrogen-bond donors (Lipinski definition) is 1. The lowest BCUT2D eigenvalue weighted by atomic mass is 9.92. The fourth-order valence-corrected chi connectivity index (χ4v) is 3.29. The van der Waals surface area contributed by atoms with Crippen LogP contribution in [0.4, 0.5) is 15.2 Å². The largest absolute Gasteiger partial charge is 0.330 e. The van der Waals surface area contributed by atoms with Gasteiger partial charge in [-0.15, -0.1) is 10.2 Å². The van der Waals surface area contributed by atoms with Crippen LogP contribution in [0.2, 0.25) is 0 Å². The van der Waals surface area contributed by atoms with Gasteiger partial charge >= 0.3 is 0 Å². The Balaban J connectivity index is 1.94. The van der Waals surface area contributed by atoms with Gasteiger partial charge in [-0.3, -0.25) is 4.79 Å². The molecule has 0 fully saturated rings. The Morgan fingerprint density at radius 3 is 2.81 bits per heavy atom. The molecule has 1 aromatic carbocycles. The van der Waals surface area contributed by atoms with Crippen LogP contribution in [0.3, 0.4) is 0 Å². The lowest BCUT2D eigenvalue weighted by Crippen LogP contribution is -2.21. The number of benzene rings is 1. The maximum Gasteiger partial charge on any atom is 0.210 e. The Labute approximate surface area is 131 Å². The predicted molar refractivity (Wildman–Crippen MR) is 84.8 cm³/mol. The van der Waals surface area contributed by atoms with Gasteiger partial charge in [0.05, 0.1) is 5.75 Å². The van der Waals surface area contributed by atoms with Crippen LogP contribution in [0.5, 0.6) is 0 Å². The number of halogens is 1. The van der Waals surface area contributed by atoms with Crippen LogP contribution >= 0.6 is 23.1 Å². The summed E-state index contributed by atoms with van der Waals surface area (Å²) in [4.78, 5) is 11.9. The van der Waals surface area contributed by atoms with Gasteiger partial charge in [0.25, 0.3) is 0 Å². The highest BCUT2D eigenvalue weighted by molar-refractivity contribution is 8.01. The van der Waals surface area contributed by atoms with E-state index in [1.54, 1.807) is 12.1 Å². The summed E-state index contributed by atoms with van der Waals surface area (Å²) in [7, 11) is 0. The number of aromatic nitrogens is 2. The standard InChI is InChI=1S/C14H16FN3OS2/c1-14(2,3)11(19)8-20-13-18-17-12(21-13)16-10-6-4-5-9(15)7-10/h4-7H,8H2,1-3H3,(H,16,17). The molecule has 0 aliphatic rings. The number of ketones is 1. The molecule has 0 aliphatic carbocycles. The minimum absolute atomic E-state index is 0.169. The molecule has 0 aliphatic heterocycles. The Hall–Kier alpha value is -1.47. The Morgan fingerprint density at radius 1 is 1.38 bits per heavy atom. The van der Waals surface area contributed by atoms with Gasteiger partial charge < -0.3 is 5.32 Å². The molecular weight excluding hydrogens is 309 g/mol. The molecule has 0 bridgehead atoms. The van der Waals surface area contributed by atoms with Crippen molar-refractivity contribution in [2.24, 2.45) is 5.41 Å². The zero-order chi connectivity index (χ0) is 15.5. The molecule has 2 aromatic rings. The molecule has 0 amide bonds. The lowest BCUT2D eigenvalue weighted by molar-refractivity contribution is -0.123. The van der Waals surface area contributed by atoms with Crippen LogP contribution in [0.15, 0.2) is 28.6 Å². The topological polar surface area (TPSA) is 54.9 Å². The average molecular weight is 325 g/mol. The van der Waals surface area contributed by atoms with E-state index < -0.39 is 0 Å².